The highest BCUT2D eigenvalue weighted by Crippen LogP contribution is 2.27. The van der Waals surface area contributed by atoms with Crippen LogP contribution in [0.3, 0.4) is 0 Å². The summed E-state index contributed by atoms with van der Waals surface area (Å²) in [5.41, 5.74) is 5.85. The number of carbonyl (C=O) groups excluding carboxylic acids is 1. The SMILES string of the molecule is NCC(NC(=O)c1cc(F)c(F)cc1Br)C1CCCCC1. The summed E-state index contributed by atoms with van der Waals surface area (Å²) < 4.78 is 26.6. The molecule has 0 spiro atoms. The molecule has 0 bridgehead atoms. The Hall–Kier alpha value is -1.01. The van der Waals surface area contributed by atoms with Crippen LogP contribution < -0.4 is 11.1 Å². The first-order valence-corrected chi connectivity index (χ1v) is 7.97. The molecule has 0 saturated heterocycles. The summed E-state index contributed by atoms with van der Waals surface area (Å²) >= 11 is 3.09. The first-order chi connectivity index (χ1) is 10.0. The number of amides is 1. The number of carbonyl (C=O) groups is 1. The Morgan fingerprint density at radius 1 is 1.29 bits per heavy atom. The fraction of sp³-hybridized carbons (Fsp3) is 0.533. The van der Waals surface area contributed by atoms with E-state index < -0.39 is 17.5 Å². The fourth-order valence-corrected chi connectivity index (χ4v) is 3.34. The maximum Gasteiger partial charge on any atom is 0.252 e. The van der Waals surface area contributed by atoms with Crippen molar-refractivity contribution in [3.8, 4) is 0 Å². The molecule has 1 atom stereocenters. The minimum atomic E-state index is -1.04. The number of nitrogens with one attached hydrogen (secondary N) is 1. The van der Waals surface area contributed by atoms with Crippen LogP contribution in [0.4, 0.5) is 8.78 Å². The molecule has 1 saturated carbocycles. The number of halogens is 3. The van der Waals surface area contributed by atoms with Crippen LogP contribution in [0.1, 0.15) is 42.5 Å². The molecular weight excluding hydrogens is 342 g/mol. The maximum atomic E-state index is 13.3. The van der Waals surface area contributed by atoms with E-state index >= 15 is 0 Å². The van der Waals surface area contributed by atoms with Gasteiger partial charge in [0.25, 0.3) is 5.91 Å². The van der Waals surface area contributed by atoms with Crippen molar-refractivity contribution in [2.45, 2.75) is 38.1 Å². The van der Waals surface area contributed by atoms with E-state index in [1.165, 1.54) is 6.42 Å². The summed E-state index contributed by atoms with van der Waals surface area (Å²) in [5.74, 6) is -2.09. The van der Waals surface area contributed by atoms with E-state index in [0.29, 0.717) is 12.5 Å². The van der Waals surface area contributed by atoms with Gasteiger partial charge in [-0.25, -0.2) is 8.78 Å². The minimum Gasteiger partial charge on any atom is -0.348 e. The summed E-state index contributed by atoms with van der Waals surface area (Å²) in [6, 6.07) is 1.74. The maximum absolute atomic E-state index is 13.3. The molecule has 1 aliphatic carbocycles. The lowest BCUT2D eigenvalue weighted by Gasteiger charge is -2.30. The third-order valence-electron chi connectivity index (χ3n) is 4.04. The second-order valence-electron chi connectivity index (χ2n) is 5.46. The first kappa shape index (κ1) is 16.4. The molecule has 21 heavy (non-hydrogen) atoms. The average Bonchev–Trinajstić information content (AvgIpc) is 2.49. The Morgan fingerprint density at radius 2 is 1.90 bits per heavy atom. The molecule has 1 aromatic rings. The largest absolute Gasteiger partial charge is 0.348 e. The molecule has 3 N–H and O–H groups in total. The monoisotopic (exact) mass is 360 g/mol. The lowest BCUT2D eigenvalue weighted by atomic mass is 9.84. The Bertz CT molecular complexity index is 519. The van der Waals surface area contributed by atoms with Crippen molar-refractivity contribution in [3.63, 3.8) is 0 Å². The van der Waals surface area contributed by atoms with Gasteiger partial charge in [0.05, 0.1) is 5.56 Å². The van der Waals surface area contributed by atoms with Gasteiger partial charge in [-0.2, -0.15) is 0 Å². The lowest BCUT2D eigenvalue weighted by Crippen LogP contribution is -2.46. The van der Waals surface area contributed by atoms with E-state index in [2.05, 4.69) is 21.2 Å². The molecule has 1 unspecified atom stereocenters. The van der Waals surface area contributed by atoms with E-state index in [4.69, 9.17) is 5.73 Å². The number of hydrogen-bond acceptors (Lipinski definition) is 2. The molecular formula is C15H19BrF2N2O. The van der Waals surface area contributed by atoms with Crippen molar-refractivity contribution in [2.24, 2.45) is 11.7 Å². The third kappa shape index (κ3) is 4.01. The molecule has 0 radical (unpaired) electrons. The second kappa shape index (κ2) is 7.31. The van der Waals surface area contributed by atoms with Crippen molar-refractivity contribution in [1.29, 1.82) is 0 Å². The number of rotatable bonds is 4. The lowest BCUT2D eigenvalue weighted by molar-refractivity contribution is 0.0914. The molecule has 1 fully saturated rings. The van der Waals surface area contributed by atoms with Crippen LogP contribution in [-0.4, -0.2) is 18.5 Å². The van der Waals surface area contributed by atoms with E-state index in [0.717, 1.165) is 37.8 Å². The Morgan fingerprint density at radius 3 is 2.52 bits per heavy atom. The number of nitrogens with two attached hydrogens (primary N) is 1. The van der Waals surface area contributed by atoms with Crippen LogP contribution in [0.15, 0.2) is 16.6 Å². The van der Waals surface area contributed by atoms with Gasteiger partial charge in [-0.05, 0) is 46.8 Å². The second-order valence-corrected chi connectivity index (χ2v) is 6.31. The molecule has 2 rings (SSSR count). The highest BCUT2D eigenvalue weighted by molar-refractivity contribution is 9.10. The van der Waals surface area contributed by atoms with Crippen molar-refractivity contribution < 1.29 is 13.6 Å². The third-order valence-corrected chi connectivity index (χ3v) is 4.70. The van der Waals surface area contributed by atoms with Crippen molar-refractivity contribution in [3.05, 3.63) is 33.8 Å². The molecule has 0 aliphatic heterocycles. The molecule has 1 aromatic carbocycles. The first-order valence-electron chi connectivity index (χ1n) is 7.18. The van der Waals surface area contributed by atoms with Gasteiger partial charge in [0.2, 0.25) is 0 Å². The normalized spacial score (nSPS) is 17.5. The topological polar surface area (TPSA) is 55.1 Å². The summed E-state index contributed by atoms with van der Waals surface area (Å²) in [6.07, 6.45) is 5.59. The Balaban J connectivity index is 2.10. The van der Waals surface area contributed by atoms with Crippen LogP contribution in [0, 0.1) is 17.6 Å². The van der Waals surface area contributed by atoms with Gasteiger partial charge in [-0.3, -0.25) is 4.79 Å². The average molecular weight is 361 g/mol. The van der Waals surface area contributed by atoms with Gasteiger partial charge in [0.1, 0.15) is 0 Å². The fourth-order valence-electron chi connectivity index (χ4n) is 2.85. The Labute approximate surface area is 131 Å². The van der Waals surface area contributed by atoms with E-state index in [1.807, 2.05) is 0 Å². The minimum absolute atomic E-state index is 0.0863. The van der Waals surface area contributed by atoms with Gasteiger partial charge in [-0.15, -0.1) is 0 Å². The smallest absolute Gasteiger partial charge is 0.252 e. The van der Waals surface area contributed by atoms with Crippen LogP contribution in [0.5, 0.6) is 0 Å². The molecule has 0 aromatic heterocycles. The molecule has 116 valence electrons. The molecule has 3 nitrogen and oxygen atoms in total. The molecule has 1 amide bonds. The summed E-state index contributed by atoms with van der Waals surface area (Å²) in [5, 5.41) is 2.86. The molecule has 1 aliphatic rings. The zero-order valence-electron chi connectivity index (χ0n) is 11.7. The van der Waals surface area contributed by atoms with Crippen LogP contribution in [0.25, 0.3) is 0 Å². The highest BCUT2D eigenvalue weighted by atomic mass is 79.9. The van der Waals surface area contributed by atoms with Crippen molar-refractivity contribution >= 4 is 21.8 Å². The van der Waals surface area contributed by atoms with Crippen molar-refractivity contribution in [1.82, 2.24) is 5.32 Å². The van der Waals surface area contributed by atoms with Crippen LogP contribution >= 0.6 is 15.9 Å². The van der Waals surface area contributed by atoms with Gasteiger partial charge in [-0.1, -0.05) is 19.3 Å². The van der Waals surface area contributed by atoms with Gasteiger partial charge >= 0.3 is 0 Å². The Kier molecular flexibility index (Phi) is 5.70. The quantitative estimate of drug-likeness (QED) is 0.808. The number of hydrogen-bond donors (Lipinski definition) is 2. The zero-order valence-corrected chi connectivity index (χ0v) is 13.3. The van der Waals surface area contributed by atoms with Crippen LogP contribution in [0.2, 0.25) is 0 Å². The van der Waals surface area contributed by atoms with Gasteiger partial charge in [0, 0.05) is 17.1 Å². The van der Waals surface area contributed by atoms with Crippen molar-refractivity contribution in [2.75, 3.05) is 6.54 Å². The van der Waals surface area contributed by atoms with Gasteiger partial charge in [0.15, 0.2) is 11.6 Å². The van der Waals surface area contributed by atoms with E-state index in [9.17, 15) is 13.6 Å². The standard InChI is InChI=1S/C15H19BrF2N2O/c16-11-7-13(18)12(17)6-10(11)15(21)20-14(8-19)9-4-2-1-3-5-9/h6-7,9,14H,1-5,8,19H2,(H,20,21). The van der Waals surface area contributed by atoms with E-state index in [-0.39, 0.29) is 16.1 Å². The molecule has 6 heteroatoms. The van der Waals surface area contributed by atoms with Gasteiger partial charge < -0.3 is 11.1 Å². The summed E-state index contributed by atoms with van der Waals surface area (Å²) in [6.45, 7) is 0.345. The summed E-state index contributed by atoms with van der Waals surface area (Å²) in [4.78, 5) is 12.3. The van der Waals surface area contributed by atoms with E-state index in [1.54, 1.807) is 0 Å². The predicted molar refractivity (Wildman–Crippen MR) is 80.9 cm³/mol. The van der Waals surface area contributed by atoms with Crippen LogP contribution in [-0.2, 0) is 0 Å². The number of benzene rings is 1. The predicted octanol–water partition coefficient (Wildman–Crippen LogP) is 3.36. The highest BCUT2D eigenvalue weighted by Gasteiger charge is 2.25. The zero-order chi connectivity index (χ0) is 15.4. The molecule has 0 heterocycles. The summed E-state index contributed by atoms with van der Waals surface area (Å²) in [7, 11) is 0.